The minimum atomic E-state index is -0.652. The number of hydrogen-bond donors (Lipinski definition) is 3. The maximum Gasteiger partial charge on any atom is 0.220 e. The second-order valence-corrected chi connectivity index (χ2v) is 15.5. The monoisotopic (exact) mass is 680 g/mol. The molecule has 0 spiro atoms. The zero-order valence-electron chi connectivity index (χ0n) is 33.0. The summed E-state index contributed by atoms with van der Waals surface area (Å²) >= 11 is 0. The van der Waals surface area contributed by atoms with Gasteiger partial charge in [0.2, 0.25) is 5.91 Å². The Bertz CT molecular complexity index is 612. The topological polar surface area (TPSA) is 69.6 Å². The predicted octanol–water partition coefficient (Wildman–Crippen LogP) is 13.7. The lowest BCUT2D eigenvalue weighted by atomic mass is 10.0. The van der Waals surface area contributed by atoms with Crippen molar-refractivity contribution in [1.29, 1.82) is 0 Å². The van der Waals surface area contributed by atoms with Crippen LogP contribution in [0, 0.1) is 0 Å². The Morgan fingerprint density at radius 2 is 0.667 bits per heavy atom. The molecule has 0 aromatic rings. The molecule has 0 rings (SSSR count). The average Bonchev–Trinajstić information content (AvgIpc) is 3.09. The van der Waals surface area contributed by atoms with Crippen LogP contribution < -0.4 is 5.32 Å². The third-order valence-corrected chi connectivity index (χ3v) is 10.6. The van der Waals surface area contributed by atoms with Gasteiger partial charge in [-0.15, -0.1) is 0 Å². The largest absolute Gasteiger partial charge is 0.394 e. The molecule has 0 unspecified atom stereocenters. The summed E-state index contributed by atoms with van der Waals surface area (Å²) in [5, 5.41) is 23.2. The van der Waals surface area contributed by atoms with E-state index in [1.807, 2.05) is 0 Å². The summed E-state index contributed by atoms with van der Waals surface area (Å²) in [7, 11) is 0. The molecule has 4 nitrogen and oxygen atoms in total. The number of amides is 1. The molecule has 0 aromatic heterocycles. The maximum absolute atomic E-state index is 12.4. The van der Waals surface area contributed by atoms with Crippen LogP contribution in [0.2, 0.25) is 0 Å². The predicted molar refractivity (Wildman–Crippen MR) is 212 cm³/mol. The number of aliphatic hydroxyl groups excluding tert-OH is 2. The van der Waals surface area contributed by atoms with Gasteiger partial charge in [0.25, 0.3) is 0 Å². The van der Waals surface area contributed by atoms with Crippen molar-refractivity contribution in [3.05, 3.63) is 0 Å². The van der Waals surface area contributed by atoms with Crippen molar-refractivity contribution in [2.45, 2.75) is 270 Å². The van der Waals surface area contributed by atoms with E-state index in [9.17, 15) is 15.0 Å². The van der Waals surface area contributed by atoms with Gasteiger partial charge in [0, 0.05) is 6.42 Å². The van der Waals surface area contributed by atoms with Crippen molar-refractivity contribution in [3.8, 4) is 0 Å². The van der Waals surface area contributed by atoms with Crippen LogP contribution in [0.4, 0.5) is 0 Å². The summed E-state index contributed by atoms with van der Waals surface area (Å²) in [6.45, 7) is 4.38. The van der Waals surface area contributed by atoms with Gasteiger partial charge in [-0.2, -0.15) is 0 Å². The summed E-state index contributed by atoms with van der Waals surface area (Å²) < 4.78 is 0. The van der Waals surface area contributed by atoms with Gasteiger partial charge in [0.15, 0.2) is 0 Å². The fraction of sp³-hybridized carbons (Fsp3) is 0.977. The molecule has 4 heteroatoms. The van der Waals surface area contributed by atoms with E-state index in [4.69, 9.17) is 0 Å². The first kappa shape index (κ1) is 47.4. The van der Waals surface area contributed by atoms with E-state index in [1.54, 1.807) is 0 Å². The molecule has 0 heterocycles. The summed E-state index contributed by atoms with van der Waals surface area (Å²) in [6, 6.07) is -0.529. The van der Waals surface area contributed by atoms with Crippen LogP contribution in [0.15, 0.2) is 0 Å². The molecule has 0 aliphatic heterocycles. The molecule has 0 bridgehead atoms. The van der Waals surface area contributed by atoms with Crippen molar-refractivity contribution in [2.24, 2.45) is 0 Å². The second kappa shape index (κ2) is 40.8. The van der Waals surface area contributed by atoms with Gasteiger partial charge < -0.3 is 15.5 Å². The zero-order chi connectivity index (χ0) is 35.0. The molecule has 0 saturated heterocycles. The number of carbonyl (C=O) groups excluding carboxylic acids is 1. The van der Waals surface area contributed by atoms with Gasteiger partial charge in [-0.1, -0.05) is 239 Å². The van der Waals surface area contributed by atoms with Crippen molar-refractivity contribution in [2.75, 3.05) is 6.61 Å². The lowest BCUT2D eigenvalue weighted by Gasteiger charge is -2.22. The molecule has 0 radical (unpaired) electrons. The van der Waals surface area contributed by atoms with Crippen molar-refractivity contribution < 1.29 is 15.0 Å². The fourth-order valence-corrected chi connectivity index (χ4v) is 7.19. The lowest BCUT2D eigenvalue weighted by molar-refractivity contribution is -0.123. The van der Waals surface area contributed by atoms with E-state index in [1.165, 1.54) is 205 Å². The van der Waals surface area contributed by atoms with Gasteiger partial charge in [-0.3, -0.25) is 4.79 Å². The third kappa shape index (κ3) is 36.7. The smallest absolute Gasteiger partial charge is 0.220 e. The van der Waals surface area contributed by atoms with Crippen molar-refractivity contribution in [1.82, 2.24) is 5.32 Å². The van der Waals surface area contributed by atoms with E-state index in [-0.39, 0.29) is 12.5 Å². The molecule has 48 heavy (non-hydrogen) atoms. The molecule has 2 atom stereocenters. The van der Waals surface area contributed by atoms with E-state index >= 15 is 0 Å². The lowest BCUT2D eigenvalue weighted by Crippen LogP contribution is -2.45. The summed E-state index contributed by atoms with van der Waals surface area (Å²) in [5.41, 5.74) is 0. The van der Waals surface area contributed by atoms with Crippen LogP contribution in [0.1, 0.15) is 258 Å². The number of unbranched alkanes of at least 4 members (excludes halogenated alkanes) is 34. The third-order valence-electron chi connectivity index (χ3n) is 10.6. The van der Waals surface area contributed by atoms with Gasteiger partial charge in [0.1, 0.15) is 0 Å². The molecular formula is C44H89NO3. The van der Waals surface area contributed by atoms with E-state index in [0.29, 0.717) is 12.8 Å². The maximum atomic E-state index is 12.4. The zero-order valence-corrected chi connectivity index (χ0v) is 33.0. The summed E-state index contributed by atoms with van der Waals surface area (Å²) in [6.07, 6.45) is 49.0. The Morgan fingerprint density at radius 3 is 0.938 bits per heavy atom. The van der Waals surface area contributed by atoms with Gasteiger partial charge >= 0.3 is 0 Å². The van der Waals surface area contributed by atoms with E-state index < -0.39 is 12.1 Å². The quantitative estimate of drug-likeness (QED) is 0.0563. The van der Waals surface area contributed by atoms with E-state index in [0.717, 1.165) is 25.7 Å². The van der Waals surface area contributed by atoms with Crippen molar-refractivity contribution in [3.63, 3.8) is 0 Å². The normalized spacial score (nSPS) is 12.8. The average molecular weight is 680 g/mol. The highest BCUT2D eigenvalue weighted by Crippen LogP contribution is 2.17. The fourth-order valence-electron chi connectivity index (χ4n) is 7.19. The Morgan fingerprint density at radius 1 is 0.417 bits per heavy atom. The Hall–Kier alpha value is -0.610. The van der Waals surface area contributed by atoms with Crippen LogP contribution in [-0.2, 0) is 4.79 Å². The Labute approximate surface area is 302 Å². The molecule has 0 aliphatic carbocycles. The van der Waals surface area contributed by atoms with E-state index in [2.05, 4.69) is 19.2 Å². The van der Waals surface area contributed by atoms with Gasteiger partial charge in [0.05, 0.1) is 18.8 Å². The van der Waals surface area contributed by atoms with Gasteiger partial charge in [-0.25, -0.2) is 0 Å². The highest BCUT2D eigenvalue weighted by molar-refractivity contribution is 5.76. The molecule has 1 amide bonds. The molecule has 288 valence electrons. The van der Waals surface area contributed by atoms with Crippen LogP contribution in [0.5, 0.6) is 0 Å². The second-order valence-electron chi connectivity index (χ2n) is 15.5. The summed E-state index contributed by atoms with van der Waals surface area (Å²) in [4.78, 5) is 12.4. The van der Waals surface area contributed by atoms with Crippen LogP contribution in [-0.4, -0.2) is 34.9 Å². The van der Waals surface area contributed by atoms with Crippen LogP contribution >= 0.6 is 0 Å². The number of rotatable bonds is 41. The SMILES string of the molecule is CCCCCCCCCCCCCCCCCCCCCCCCC(=O)N[C@@H](CO)[C@H](O)CCCCCCCCCCCCCCCC. The standard InChI is InChI=1S/C44H89NO3/c1-3-5-7-9-11-13-15-17-19-20-21-22-23-24-25-26-28-30-32-34-36-38-40-44(48)45-42(41-46)43(47)39-37-35-33-31-29-27-18-16-14-12-10-8-6-4-2/h42-43,46-47H,3-41H2,1-2H3,(H,45,48)/t42-,43+/m0/s1. The van der Waals surface area contributed by atoms with Gasteiger partial charge in [-0.05, 0) is 12.8 Å². The number of nitrogens with one attached hydrogen (secondary N) is 1. The first-order valence-electron chi connectivity index (χ1n) is 22.2. The number of hydrogen-bond acceptors (Lipinski definition) is 3. The molecule has 0 aromatic carbocycles. The highest BCUT2D eigenvalue weighted by atomic mass is 16.3. The molecule has 0 saturated carbocycles. The first-order valence-corrected chi connectivity index (χ1v) is 22.2. The van der Waals surface area contributed by atoms with Crippen LogP contribution in [0.25, 0.3) is 0 Å². The number of aliphatic hydroxyl groups is 2. The summed E-state index contributed by atoms with van der Waals surface area (Å²) in [5.74, 6) is -0.0257. The minimum absolute atomic E-state index is 0.0257. The molecular weight excluding hydrogens is 590 g/mol. The molecule has 3 N–H and O–H groups in total. The molecule has 0 fully saturated rings. The highest BCUT2D eigenvalue weighted by Gasteiger charge is 2.20. The Kier molecular flexibility index (Phi) is 40.3. The first-order chi connectivity index (χ1) is 23.7. The van der Waals surface area contributed by atoms with Crippen molar-refractivity contribution >= 4 is 5.91 Å². The molecule has 0 aliphatic rings. The minimum Gasteiger partial charge on any atom is -0.394 e. The Balaban J connectivity index is 3.44. The number of carbonyl (C=O) groups is 1. The van der Waals surface area contributed by atoms with Crippen LogP contribution in [0.3, 0.4) is 0 Å².